The van der Waals surface area contributed by atoms with Crippen LogP contribution >= 0.6 is 0 Å². The molecule has 0 radical (unpaired) electrons. The van der Waals surface area contributed by atoms with Crippen molar-refractivity contribution in [2.75, 3.05) is 6.61 Å². The highest BCUT2D eigenvalue weighted by atomic mass is 16.7. The molecule has 3 aliphatic heterocycles. The lowest BCUT2D eigenvalue weighted by Gasteiger charge is -2.42. The second-order valence-electron chi connectivity index (χ2n) is 13.2. The summed E-state index contributed by atoms with van der Waals surface area (Å²) in [6.45, 7) is 2.11. The average Bonchev–Trinajstić information content (AvgIpc) is 3.13. The normalized spacial score (nSPS) is 37.3. The number of rotatable bonds is 8. The lowest BCUT2D eigenvalue weighted by Crippen LogP contribution is -2.61. The van der Waals surface area contributed by atoms with Crippen LogP contribution in [-0.4, -0.2) is 165 Å². The molecule has 4 heterocycles. The summed E-state index contributed by atoms with van der Waals surface area (Å²) in [5, 5.41) is 134. The summed E-state index contributed by atoms with van der Waals surface area (Å²) >= 11 is 0. The number of phenolic OH excluding ortho intramolecular Hbond substituents is 4. The molecule has 6 rings (SSSR count). The van der Waals surface area contributed by atoms with Crippen LogP contribution in [0, 0.1) is 0 Å². The van der Waals surface area contributed by atoms with Gasteiger partial charge >= 0.3 is 0 Å². The van der Waals surface area contributed by atoms with Crippen LogP contribution < -0.4 is 14.9 Å². The molecule has 0 amide bonds. The first-order chi connectivity index (χ1) is 25.4. The largest absolute Gasteiger partial charge is 0.507 e. The van der Waals surface area contributed by atoms with Crippen molar-refractivity contribution in [3.63, 3.8) is 0 Å². The van der Waals surface area contributed by atoms with E-state index in [0.29, 0.717) is 0 Å². The molecule has 21 nitrogen and oxygen atoms in total. The van der Waals surface area contributed by atoms with E-state index in [2.05, 4.69) is 0 Å². The monoisotopic (exact) mass is 772 g/mol. The Balaban J connectivity index is 1.35. The van der Waals surface area contributed by atoms with Gasteiger partial charge in [-0.1, -0.05) is 0 Å². The minimum absolute atomic E-state index is 0.284. The van der Waals surface area contributed by atoms with Crippen molar-refractivity contribution in [3.05, 3.63) is 34.5 Å². The third-order valence-electron chi connectivity index (χ3n) is 9.43. The van der Waals surface area contributed by atoms with Gasteiger partial charge in [0.25, 0.3) is 0 Å². The zero-order valence-corrected chi connectivity index (χ0v) is 28.3. The SMILES string of the molecule is C[C@H]1O[C@@H](OC[C@H]2O[C@@H](Oc3c(-c4cc(O)c(O)c(O)c4)oc4cc(O[C@@H]5O[C@H](C)[C@H](O)[C@H](O)[C@H]5O)cc(O)c4c3=O)[C@H](O)[C@@H](O)[C@@H]2O)[C@H](O)[C@@H](O)[C@H]1O. The third-order valence-corrected chi connectivity index (χ3v) is 9.43. The summed E-state index contributed by atoms with van der Waals surface area (Å²) in [5.74, 6) is -5.30. The molecule has 0 aliphatic carbocycles. The van der Waals surface area contributed by atoms with E-state index in [1.807, 2.05) is 0 Å². The summed E-state index contributed by atoms with van der Waals surface area (Å²) < 4.78 is 39.1. The van der Waals surface area contributed by atoms with E-state index in [0.717, 1.165) is 24.3 Å². The first kappa shape index (κ1) is 39.6. The van der Waals surface area contributed by atoms with E-state index in [-0.39, 0.29) is 11.3 Å². The maximum Gasteiger partial charge on any atom is 0.239 e. The Bertz CT molecular complexity index is 1860. The van der Waals surface area contributed by atoms with Gasteiger partial charge in [0, 0.05) is 17.7 Å². The van der Waals surface area contributed by atoms with Gasteiger partial charge in [-0.2, -0.15) is 0 Å². The number of phenols is 4. The Kier molecular flexibility index (Phi) is 11.2. The van der Waals surface area contributed by atoms with Crippen molar-refractivity contribution in [1.29, 1.82) is 0 Å². The number of aliphatic hydroxyl groups is 9. The number of hydrogen-bond acceptors (Lipinski definition) is 21. The van der Waals surface area contributed by atoms with Crippen LogP contribution in [0.4, 0.5) is 0 Å². The fourth-order valence-electron chi connectivity index (χ4n) is 6.21. The van der Waals surface area contributed by atoms with Gasteiger partial charge in [-0.05, 0) is 26.0 Å². The molecular formula is C33H40O21. The molecule has 54 heavy (non-hydrogen) atoms. The smallest absolute Gasteiger partial charge is 0.239 e. The third kappa shape index (κ3) is 7.22. The van der Waals surface area contributed by atoms with Gasteiger partial charge in [0.2, 0.25) is 23.8 Å². The first-order valence-corrected chi connectivity index (χ1v) is 16.5. The van der Waals surface area contributed by atoms with Gasteiger partial charge in [0.1, 0.15) is 83.5 Å². The van der Waals surface area contributed by atoms with Gasteiger partial charge in [-0.15, -0.1) is 0 Å². The molecule has 1 aromatic heterocycles. The first-order valence-electron chi connectivity index (χ1n) is 16.5. The van der Waals surface area contributed by atoms with E-state index in [4.69, 9.17) is 32.8 Å². The van der Waals surface area contributed by atoms with Gasteiger partial charge in [-0.25, -0.2) is 0 Å². The second kappa shape index (κ2) is 15.2. The van der Waals surface area contributed by atoms with Crippen molar-refractivity contribution in [2.45, 2.75) is 106 Å². The Morgan fingerprint density at radius 1 is 0.593 bits per heavy atom. The molecule has 3 aromatic rings. The zero-order chi connectivity index (χ0) is 39.5. The van der Waals surface area contributed by atoms with E-state index in [1.165, 1.54) is 13.8 Å². The fraction of sp³-hybridized carbons (Fsp3) is 0.545. The Hall–Kier alpha value is -4.07. The van der Waals surface area contributed by atoms with E-state index in [9.17, 15) is 71.2 Å². The molecule has 3 aliphatic rings. The molecule has 0 bridgehead atoms. The number of hydrogen-bond donors (Lipinski definition) is 13. The number of fused-ring (bicyclic) bond motifs is 1. The molecule has 15 atom stereocenters. The number of benzene rings is 2. The van der Waals surface area contributed by atoms with Crippen LogP contribution in [0.3, 0.4) is 0 Å². The Labute approximate surface area is 303 Å². The van der Waals surface area contributed by atoms with Crippen LogP contribution in [0.25, 0.3) is 22.3 Å². The van der Waals surface area contributed by atoms with Crippen LogP contribution in [0.2, 0.25) is 0 Å². The molecule has 13 N–H and O–H groups in total. The summed E-state index contributed by atoms with van der Waals surface area (Å²) in [6.07, 6.45) is -24.4. The summed E-state index contributed by atoms with van der Waals surface area (Å²) in [7, 11) is 0. The lowest BCUT2D eigenvalue weighted by atomic mass is 9.98. The maximum atomic E-state index is 14.1. The molecule has 0 unspecified atom stereocenters. The van der Waals surface area contributed by atoms with Crippen molar-refractivity contribution < 1.29 is 99.2 Å². The summed E-state index contributed by atoms with van der Waals surface area (Å²) in [5.41, 5.74) is -1.95. The van der Waals surface area contributed by atoms with Gasteiger partial charge in [0.15, 0.2) is 29.3 Å². The number of aliphatic hydroxyl groups excluding tert-OH is 9. The van der Waals surface area contributed by atoms with E-state index >= 15 is 0 Å². The maximum absolute atomic E-state index is 14.1. The van der Waals surface area contributed by atoms with Crippen LogP contribution in [0.1, 0.15) is 13.8 Å². The highest BCUT2D eigenvalue weighted by molar-refractivity contribution is 5.88. The molecule has 3 saturated heterocycles. The summed E-state index contributed by atoms with van der Waals surface area (Å²) in [4.78, 5) is 14.1. The van der Waals surface area contributed by atoms with E-state index < -0.39 is 150 Å². The van der Waals surface area contributed by atoms with Gasteiger partial charge in [-0.3, -0.25) is 4.79 Å². The molecule has 21 heteroatoms. The lowest BCUT2D eigenvalue weighted by molar-refractivity contribution is -0.318. The zero-order valence-electron chi connectivity index (χ0n) is 28.3. The Morgan fingerprint density at radius 2 is 1.11 bits per heavy atom. The quantitative estimate of drug-likeness (QED) is 0.0989. The second-order valence-corrected chi connectivity index (χ2v) is 13.2. The minimum Gasteiger partial charge on any atom is -0.507 e. The Morgan fingerprint density at radius 3 is 1.70 bits per heavy atom. The minimum atomic E-state index is -2.09. The topological polar surface area (TPSA) is 349 Å². The fourth-order valence-corrected chi connectivity index (χ4v) is 6.21. The van der Waals surface area contributed by atoms with E-state index in [1.54, 1.807) is 0 Å². The highest BCUT2D eigenvalue weighted by Crippen LogP contribution is 2.43. The number of ether oxygens (including phenoxy) is 6. The average molecular weight is 773 g/mol. The van der Waals surface area contributed by atoms with Crippen molar-refractivity contribution >= 4 is 11.0 Å². The van der Waals surface area contributed by atoms with Crippen LogP contribution in [0.5, 0.6) is 34.5 Å². The van der Waals surface area contributed by atoms with Crippen LogP contribution in [-0.2, 0) is 18.9 Å². The van der Waals surface area contributed by atoms with Gasteiger partial charge < -0.3 is 99.2 Å². The predicted molar refractivity (Wildman–Crippen MR) is 173 cm³/mol. The molecule has 298 valence electrons. The van der Waals surface area contributed by atoms with Crippen molar-refractivity contribution in [3.8, 4) is 45.8 Å². The highest BCUT2D eigenvalue weighted by Gasteiger charge is 2.48. The molecule has 0 saturated carbocycles. The molecule has 0 spiro atoms. The molecule has 2 aromatic carbocycles. The van der Waals surface area contributed by atoms with Gasteiger partial charge in [0.05, 0.1) is 18.8 Å². The van der Waals surface area contributed by atoms with Crippen molar-refractivity contribution in [1.82, 2.24) is 0 Å². The molecular weight excluding hydrogens is 732 g/mol. The standard InChI is InChI=1S/C33H40O21/c1-8-18(37)23(42)26(45)31(49-8)48-7-16-21(40)25(44)28(47)33(53-16)54-30-22(41)17-12(34)5-11(51-32-27(46)24(43)19(38)9(2)50-32)6-15(17)52-29(30)10-3-13(35)20(39)14(36)4-10/h3-6,8-9,16,18-19,21,23-28,31-40,42-47H,7H2,1-2H3/t8-,9-,16-,18+,19+,21-,23+,24+,25+,26-,27-,28-,31-,32+,33+/m1/s1. The summed E-state index contributed by atoms with van der Waals surface area (Å²) in [6, 6.07) is 3.67. The predicted octanol–water partition coefficient (Wildman–Crippen LogP) is -3.48. The van der Waals surface area contributed by atoms with Crippen LogP contribution in [0.15, 0.2) is 33.5 Å². The van der Waals surface area contributed by atoms with Crippen molar-refractivity contribution in [2.24, 2.45) is 0 Å². The number of aromatic hydroxyl groups is 4. The molecule has 3 fully saturated rings.